The van der Waals surface area contributed by atoms with E-state index in [1.165, 1.54) is 7.11 Å². The fourth-order valence-electron chi connectivity index (χ4n) is 1.77. The number of methoxy groups -OCH3 is 1. The average molecular weight is 336 g/mol. The average Bonchev–Trinajstić information content (AvgIpc) is 2.38. The minimum atomic E-state index is -3.61. The van der Waals surface area contributed by atoms with Crippen molar-refractivity contribution in [3.8, 4) is 5.75 Å². The van der Waals surface area contributed by atoms with E-state index < -0.39 is 22.9 Å². The molecule has 0 saturated carbocycles. The summed E-state index contributed by atoms with van der Waals surface area (Å²) in [5.74, 6) is 0.423. The van der Waals surface area contributed by atoms with Crippen LogP contribution in [0.25, 0.3) is 0 Å². The van der Waals surface area contributed by atoms with Gasteiger partial charge < -0.3 is 13.8 Å². The minimum Gasteiger partial charge on any atom is -0.497 e. The van der Waals surface area contributed by atoms with Gasteiger partial charge in [-0.05, 0) is 31.5 Å². The number of hydrogen-bond acceptors (Lipinski definition) is 6. The smallest absolute Gasteiger partial charge is 0.345 e. The SMILES string of the molecule is CCOP(=O)(CS(=O)(=O)Cc1ccc(OC)cc1)OCC. The van der Waals surface area contributed by atoms with Crippen LogP contribution in [0.15, 0.2) is 24.3 Å². The molecule has 0 aliphatic rings. The molecule has 0 fully saturated rings. The van der Waals surface area contributed by atoms with E-state index in [0.717, 1.165) is 0 Å². The molecule has 120 valence electrons. The molecule has 0 unspecified atom stereocenters. The van der Waals surface area contributed by atoms with Gasteiger partial charge in [-0.3, -0.25) is 4.57 Å². The molecule has 6 nitrogen and oxygen atoms in total. The minimum absolute atomic E-state index is 0.134. The van der Waals surface area contributed by atoms with E-state index in [1.807, 2.05) is 0 Å². The Kier molecular flexibility index (Phi) is 6.87. The molecule has 1 rings (SSSR count). The van der Waals surface area contributed by atoms with Crippen molar-refractivity contribution >= 4 is 17.4 Å². The summed E-state index contributed by atoms with van der Waals surface area (Å²) in [5.41, 5.74) is -0.0244. The quantitative estimate of drug-likeness (QED) is 0.645. The van der Waals surface area contributed by atoms with Crippen molar-refractivity contribution in [3.63, 3.8) is 0 Å². The fraction of sp³-hybridized carbons (Fsp3) is 0.538. The fourth-order valence-corrected chi connectivity index (χ4v) is 6.22. The van der Waals surface area contributed by atoms with Crippen LogP contribution in [0.2, 0.25) is 0 Å². The van der Waals surface area contributed by atoms with E-state index >= 15 is 0 Å². The number of ether oxygens (including phenoxy) is 1. The monoisotopic (exact) mass is 336 g/mol. The molecule has 0 amide bonds. The van der Waals surface area contributed by atoms with Crippen molar-refractivity contribution in [2.45, 2.75) is 19.6 Å². The number of hydrogen-bond donors (Lipinski definition) is 0. The van der Waals surface area contributed by atoms with Gasteiger partial charge >= 0.3 is 7.60 Å². The molecule has 0 N–H and O–H groups in total. The summed E-state index contributed by atoms with van der Waals surface area (Å²) in [5, 5.41) is 0. The van der Waals surface area contributed by atoms with E-state index in [9.17, 15) is 13.0 Å². The molecule has 0 atom stereocenters. The van der Waals surface area contributed by atoms with E-state index in [2.05, 4.69) is 0 Å². The lowest BCUT2D eigenvalue weighted by atomic mass is 10.2. The van der Waals surface area contributed by atoms with Crippen LogP contribution in [0, 0.1) is 0 Å². The summed E-state index contributed by atoms with van der Waals surface area (Å²) in [6.07, 6.45) is 0. The first-order valence-electron chi connectivity index (χ1n) is 6.55. The van der Waals surface area contributed by atoms with E-state index in [-0.39, 0.29) is 19.0 Å². The molecule has 1 aromatic carbocycles. The van der Waals surface area contributed by atoms with Gasteiger partial charge in [0.15, 0.2) is 15.3 Å². The molecule has 8 heteroatoms. The Morgan fingerprint density at radius 1 is 1.05 bits per heavy atom. The molecule has 21 heavy (non-hydrogen) atoms. The second kappa shape index (κ2) is 7.94. The molecule has 0 aliphatic carbocycles. The van der Waals surface area contributed by atoms with Crippen LogP contribution in [0.5, 0.6) is 5.75 Å². The molecule has 1 aromatic rings. The van der Waals surface area contributed by atoms with Crippen LogP contribution in [0.1, 0.15) is 19.4 Å². The van der Waals surface area contributed by atoms with Crippen LogP contribution in [-0.4, -0.2) is 34.2 Å². The van der Waals surface area contributed by atoms with Gasteiger partial charge in [-0.15, -0.1) is 0 Å². The first kappa shape index (κ1) is 18.2. The molecule has 0 saturated heterocycles. The third-order valence-corrected chi connectivity index (χ3v) is 7.47. The Labute approximate surface area is 125 Å². The molecule has 0 spiro atoms. The zero-order valence-electron chi connectivity index (χ0n) is 12.4. The maximum Gasteiger partial charge on any atom is 0.345 e. The van der Waals surface area contributed by atoms with Crippen molar-refractivity contribution in [1.82, 2.24) is 0 Å². The summed E-state index contributed by atoms with van der Waals surface area (Å²) in [6, 6.07) is 6.66. The van der Waals surface area contributed by atoms with Gasteiger partial charge in [0.1, 0.15) is 5.75 Å². The zero-order chi connectivity index (χ0) is 15.9. The highest BCUT2D eigenvalue weighted by Gasteiger charge is 2.31. The van der Waals surface area contributed by atoms with Crippen LogP contribution in [0.3, 0.4) is 0 Å². The van der Waals surface area contributed by atoms with Crippen molar-refractivity contribution in [1.29, 1.82) is 0 Å². The molecule has 0 aliphatic heterocycles. The van der Waals surface area contributed by atoms with Gasteiger partial charge in [0, 0.05) is 0 Å². The second-order valence-electron chi connectivity index (χ2n) is 4.31. The predicted molar refractivity (Wildman–Crippen MR) is 81.3 cm³/mol. The second-order valence-corrected chi connectivity index (χ2v) is 8.86. The lowest BCUT2D eigenvalue weighted by Gasteiger charge is -2.17. The van der Waals surface area contributed by atoms with Crippen LogP contribution >= 0.6 is 7.60 Å². The van der Waals surface area contributed by atoms with Crippen molar-refractivity contribution in [3.05, 3.63) is 29.8 Å². The topological polar surface area (TPSA) is 78.9 Å². The zero-order valence-corrected chi connectivity index (χ0v) is 14.2. The molecule has 0 radical (unpaired) electrons. The number of sulfone groups is 1. The highest BCUT2D eigenvalue weighted by Crippen LogP contribution is 2.49. The van der Waals surface area contributed by atoms with Gasteiger partial charge in [-0.25, -0.2) is 8.42 Å². The highest BCUT2D eigenvalue weighted by atomic mass is 32.2. The normalized spacial score (nSPS) is 12.3. The summed E-state index contributed by atoms with van der Waals surface area (Å²) >= 11 is 0. The largest absolute Gasteiger partial charge is 0.497 e. The Morgan fingerprint density at radius 2 is 1.57 bits per heavy atom. The summed E-state index contributed by atoms with van der Waals surface area (Å²) < 4.78 is 51.6. The third kappa shape index (κ3) is 6.18. The first-order valence-corrected chi connectivity index (χ1v) is 10.1. The van der Waals surface area contributed by atoms with Gasteiger partial charge in [0.2, 0.25) is 0 Å². The first-order chi connectivity index (χ1) is 9.84. The van der Waals surface area contributed by atoms with Gasteiger partial charge in [0.25, 0.3) is 0 Å². The molecular formula is C13H21O6PS. The van der Waals surface area contributed by atoms with Gasteiger partial charge in [-0.2, -0.15) is 0 Å². The molecule has 0 heterocycles. The predicted octanol–water partition coefficient (Wildman–Crippen LogP) is 2.83. The van der Waals surface area contributed by atoms with Gasteiger partial charge in [0.05, 0.1) is 26.1 Å². The summed E-state index contributed by atoms with van der Waals surface area (Å²) in [7, 11) is -5.68. The van der Waals surface area contributed by atoms with Crippen molar-refractivity contribution < 1.29 is 26.8 Å². The molecule has 0 bridgehead atoms. The summed E-state index contributed by atoms with van der Waals surface area (Å²) in [4.78, 5) is 0. The van der Waals surface area contributed by atoms with Crippen LogP contribution in [-0.2, 0) is 29.2 Å². The Bertz CT molecular complexity index is 571. The van der Waals surface area contributed by atoms with Gasteiger partial charge in [-0.1, -0.05) is 12.1 Å². The molecular weight excluding hydrogens is 315 g/mol. The third-order valence-electron chi connectivity index (χ3n) is 2.55. The van der Waals surface area contributed by atoms with Crippen LogP contribution in [0.4, 0.5) is 0 Å². The maximum absolute atomic E-state index is 12.3. The lowest BCUT2D eigenvalue weighted by Crippen LogP contribution is -2.13. The molecule has 0 aromatic heterocycles. The van der Waals surface area contributed by atoms with Crippen molar-refractivity contribution in [2.75, 3.05) is 25.8 Å². The van der Waals surface area contributed by atoms with Crippen LogP contribution < -0.4 is 4.74 Å². The van der Waals surface area contributed by atoms with Crippen molar-refractivity contribution in [2.24, 2.45) is 0 Å². The summed E-state index contributed by atoms with van der Waals surface area (Å²) in [6.45, 7) is 3.55. The highest BCUT2D eigenvalue weighted by molar-refractivity contribution is 7.97. The standard InChI is InChI=1S/C13H21O6PS/c1-4-18-20(14,19-5-2)11-21(15,16)10-12-6-8-13(17-3)9-7-12/h6-9H,4-5,10-11H2,1-3H3. The van der Waals surface area contributed by atoms with E-state index in [0.29, 0.717) is 11.3 Å². The Balaban J connectivity index is 2.82. The van der Waals surface area contributed by atoms with E-state index in [4.69, 9.17) is 13.8 Å². The maximum atomic E-state index is 12.3. The lowest BCUT2D eigenvalue weighted by molar-refractivity contribution is 0.224. The number of benzene rings is 1. The number of rotatable bonds is 9. The van der Waals surface area contributed by atoms with E-state index in [1.54, 1.807) is 38.1 Å². The Morgan fingerprint density at radius 3 is 2.00 bits per heavy atom. The Hall–Kier alpha value is -0.880.